The number of anilines is 1. The molecule has 9 nitrogen and oxygen atoms in total. The summed E-state index contributed by atoms with van der Waals surface area (Å²) >= 11 is 5.95. The molecule has 2 aromatic carbocycles. The SMILES string of the molecule is Cn1c(=O)c(C(=O)COC(=O)C2Cc3cc(Cl)ccc3O2)c(N)n(Cc2ccccc2)c1=O. The molecule has 0 bridgehead atoms. The lowest BCUT2D eigenvalue weighted by atomic mass is 10.1. The second-order valence-corrected chi connectivity index (χ2v) is 8.01. The molecule has 10 heteroatoms. The van der Waals surface area contributed by atoms with Crippen molar-refractivity contribution in [3.63, 3.8) is 0 Å². The first-order chi connectivity index (χ1) is 15.8. The first kappa shape index (κ1) is 22.3. The van der Waals surface area contributed by atoms with Crippen LogP contribution in [0.3, 0.4) is 0 Å². The number of Topliss-reactive ketones (excluding diaryl/α,β-unsaturated/α-hetero) is 1. The fourth-order valence-electron chi connectivity index (χ4n) is 3.61. The van der Waals surface area contributed by atoms with Crippen LogP contribution < -0.4 is 21.7 Å². The fraction of sp³-hybridized carbons (Fsp3) is 0.217. The topological polar surface area (TPSA) is 123 Å². The molecular formula is C23H20ClN3O6. The molecule has 0 amide bonds. The molecule has 1 aromatic heterocycles. The first-order valence-corrected chi connectivity index (χ1v) is 10.4. The molecule has 33 heavy (non-hydrogen) atoms. The number of aromatic nitrogens is 2. The third-order valence-electron chi connectivity index (χ3n) is 5.35. The maximum atomic E-state index is 12.8. The Morgan fingerprint density at radius 2 is 1.91 bits per heavy atom. The highest BCUT2D eigenvalue weighted by Crippen LogP contribution is 2.31. The number of esters is 1. The highest BCUT2D eigenvalue weighted by atomic mass is 35.5. The molecule has 4 rings (SSSR count). The van der Waals surface area contributed by atoms with E-state index in [0.29, 0.717) is 10.8 Å². The summed E-state index contributed by atoms with van der Waals surface area (Å²) in [6.07, 6.45) is -0.687. The molecule has 0 radical (unpaired) electrons. The van der Waals surface area contributed by atoms with E-state index in [4.69, 9.17) is 26.8 Å². The summed E-state index contributed by atoms with van der Waals surface area (Å²) in [6.45, 7) is -0.658. The van der Waals surface area contributed by atoms with Gasteiger partial charge in [-0.15, -0.1) is 0 Å². The van der Waals surface area contributed by atoms with Crippen LogP contribution in [0.5, 0.6) is 5.75 Å². The Morgan fingerprint density at radius 1 is 1.18 bits per heavy atom. The molecule has 170 valence electrons. The average molecular weight is 470 g/mol. The lowest BCUT2D eigenvalue weighted by Gasteiger charge is -2.15. The normalized spacial score (nSPS) is 14.4. The van der Waals surface area contributed by atoms with E-state index in [1.54, 1.807) is 42.5 Å². The zero-order chi connectivity index (χ0) is 23.7. The van der Waals surface area contributed by atoms with Gasteiger partial charge in [0.05, 0.1) is 6.54 Å². The summed E-state index contributed by atoms with van der Waals surface area (Å²) < 4.78 is 12.6. The number of ketones is 1. The van der Waals surface area contributed by atoms with Crippen LogP contribution in [0.4, 0.5) is 5.82 Å². The molecule has 0 saturated carbocycles. The molecule has 1 atom stereocenters. The van der Waals surface area contributed by atoms with Gasteiger partial charge < -0.3 is 15.2 Å². The third-order valence-corrected chi connectivity index (χ3v) is 5.59. The van der Waals surface area contributed by atoms with Gasteiger partial charge in [-0.2, -0.15) is 0 Å². The molecule has 0 saturated heterocycles. The van der Waals surface area contributed by atoms with Gasteiger partial charge >= 0.3 is 11.7 Å². The van der Waals surface area contributed by atoms with Crippen molar-refractivity contribution >= 4 is 29.2 Å². The van der Waals surface area contributed by atoms with E-state index < -0.39 is 41.3 Å². The number of nitrogen functional groups attached to an aromatic ring is 1. The second kappa shape index (κ2) is 8.95. The molecule has 2 N–H and O–H groups in total. The third kappa shape index (κ3) is 4.40. The maximum absolute atomic E-state index is 12.8. The Morgan fingerprint density at radius 3 is 2.64 bits per heavy atom. The summed E-state index contributed by atoms with van der Waals surface area (Å²) in [5.41, 5.74) is 5.63. The summed E-state index contributed by atoms with van der Waals surface area (Å²) in [4.78, 5) is 50.4. The fourth-order valence-corrected chi connectivity index (χ4v) is 3.81. The molecular weight excluding hydrogens is 450 g/mol. The standard InChI is InChI=1S/C23H20ClN3O6/c1-26-21(29)19(20(25)27(23(26)31)11-13-5-3-2-4-6-13)16(28)12-32-22(30)18-10-14-9-15(24)7-8-17(14)33-18/h2-9,18H,10-12,25H2,1H3. The maximum Gasteiger partial charge on any atom is 0.348 e. The smallest absolute Gasteiger partial charge is 0.348 e. The van der Waals surface area contributed by atoms with Gasteiger partial charge in [0.15, 0.2) is 12.7 Å². The van der Waals surface area contributed by atoms with Gasteiger partial charge in [-0.3, -0.25) is 18.7 Å². The molecule has 1 aliphatic heterocycles. The van der Waals surface area contributed by atoms with Crippen LogP contribution in [-0.4, -0.2) is 33.6 Å². The van der Waals surface area contributed by atoms with Gasteiger partial charge in [0, 0.05) is 18.5 Å². The summed E-state index contributed by atoms with van der Waals surface area (Å²) in [5.74, 6) is -1.35. The summed E-state index contributed by atoms with van der Waals surface area (Å²) in [7, 11) is 1.25. The van der Waals surface area contributed by atoms with Gasteiger partial charge in [-0.25, -0.2) is 9.59 Å². The highest BCUT2D eigenvalue weighted by Gasteiger charge is 2.31. The largest absolute Gasteiger partial charge is 0.478 e. The van der Waals surface area contributed by atoms with Crippen LogP contribution in [0.15, 0.2) is 58.1 Å². The van der Waals surface area contributed by atoms with Crippen LogP contribution in [0.25, 0.3) is 0 Å². The predicted molar refractivity (Wildman–Crippen MR) is 121 cm³/mol. The van der Waals surface area contributed by atoms with Crippen molar-refractivity contribution in [3.8, 4) is 5.75 Å². The zero-order valence-corrected chi connectivity index (χ0v) is 18.4. The van der Waals surface area contributed by atoms with Crippen LogP contribution in [0, 0.1) is 0 Å². The average Bonchev–Trinajstić information content (AvgIpc) is 3.23. The van der Waals surface area contributed by atoms with E-state index in [1.165, 1.54) is 7.05 Å². The van der Waals surface area contributed by atoms with E-state index in [9.17, 15) is 19.2 Å². The number of rotatable bonds is 6. The van der Waals surface area contributed by atoms with Gasteiger partial charge in [0.1, 0.15) is 17.1 Å². The second-order valence-electron chi connectivity index (χ2n) is 7.57. The lowest BCUT2D eigenvalue weighted by molar-refractivity contribution is -0.149. The van der Waals surface area contributed by atoms with E-state index in [-0.39, 0.29) is 18.8 Å². The molecule has 1 unspecified atom stereocenters. The van der Waals surface area contributed by atoms with E-state index in [2.05, 4.69) is 0 Å². The molecule has 1 aliphatic rings. The van der Waals surface area contributed by atoms with E-state index in [1.807, 2.05) is 6.07 Å². The summed E-state index contributed by atoms with van der Waals surface area (Å²) in [6, 6.07) is 14.0. The summed E-state index contributed by atoms with van der Waals surface area (Å²) in [5, 5.41) is 0.512. The number of hydrogen-bond acceptors (Lipinski definition) is 7. The van der Waals surface area contributed by atoms with Gasteiger partial charge in [-0.1, -0.05) is 41.9 Å². The number of fused-ring (bicyclic) bond motifs is 1. The van der Waals surface area contributed by atoms with E-state index in [0.717, 1.165) is 20.3 Å². The predicted octanol–water partition coefficient (Wildman–Crippen LogP) is 1.56. The van der Waals surface area contributed by atoms with Crippen LogP contribution in [0.2, 0.25) is 5.02 Å². The number of carbonyl (C=O) groups excluding carboxylic acids is 2. The van der Waals surface area contributed by atoms with Crippen molar-refractivity contribution in [2.75, 3.05) is 12.3 Å². The van der Waals surface area contributed by atoms with Crippen molar-refractivity contribution in [1.82, 2.24) is 9.13 Å². The number of benzene rings is 2. The van der Waals surface area contributed by atoms with Gasteiger partial charge in [0.2, 0.25) is 5.78 Å². The molecule has 2 heterocycles. The number of carbonyl (C=O) groups is 2. The Hall–Kier alpha value is -3.85. The minimum absolute atomic E-state index is 0.0659. The van der Waals surface area contributed by atoms with Crippen LogP contribution >= 0.6 is 11.6 Å². The molecule has 3 aromatic rings. The monoisotopic (exact) mass is 469 g/mol. The minimum Gasteiger partial charge on any atom is -0.478 e. The number of ether oxygens (including phenoxy) is 2. The first-order valence-electron chi connectivity index (χ1n) is 10.0. The van der Waals surface area contributed by atoms with Crippen molar-refractivity contribution in [1.29, 1.82) is 0 Å². The molecule has 0 fully saturated rings. The number of halogens is 1. The van der Waals surface area contributed by atoms with Gasteiger partial charge in [0.25, 0.3) is 5.56 Å². The van der Waals surface area contributed by atoms with Crippen molar-refractivity contribution < 1.29 is 19.1 Å². The van der Waals surface area contributed by atoms with Crippen LogP contribution in [0.1, 0.15) is 21.5 Å². The molecule has 0 aliphatic carbocycles. The zero-order valence-electron chi connectivity index (χ0n) is 17.6. The Bertz CT molecular complexity index is 1360. The van der Waals surface area contributed by atoms with Gasteiger partial charge in [-0.05, 0) is 29.3 Å². The number of nitrogens with two attached hydrogens (primary N) is 1. The van der Waals surface area contributed by atoms with Crippen molar-refractivity contribution in [2.24, 2.45) is 7.05 Å². The Balaban J connectivity index is 1.52. The highest BCUT2D eigenvalue weighted by molar-refractivity contribution is 6.30. The van der Waals surface area contributed by atoms with Crippen molar-refractivity contribution in [2.45, 2.75) is 19.1 Å². The lowest BCUT2D eigenvalue weighted by Crippen LogP contribution is -2.43. The van der Waals surface area contributed by atoms with Crippen LogP contribution in [-0.2, 0) is 29.5 Å². The number of hydrogen-bond donors (Lipinski definition) is 1. The Kier molecular flexibility index (Phi) is 6.06. The Labute approximate surface area is 192 Å². The molecule has 0 spiro atoms. The van der Waals surface area contributed by atoms with Crippen molar-refractivity contribution in [3.05, 3.63) is 91.1 Å². The van der Waals surface area contributed by atoms with E-state index >= 15 is 0 Å². The minimum atomic E-state index is -0.932. The number of nitrogens with zero attached hydrogens (tertiary/aromatic N) is 2. The quantitative estimate of drug-likeness (QED) is 0.429.